The molecule has 5 heteroatoms. The Morgan fingerprint density at radius 2 is 2.14 bits per heavy atom. The van der Waals surface area contributed by atoms with Gasteiger partial charge in [0.05, 0.1) is 31.8 Å². The average Bonchev–Trinajstić information content (AvgIpc) is 2.54. The molecule has 114 valence electrons. The minimum atomic E-state index is 0.296. The van der Waals surface area contributed by atoms with E-state index in [0.29, 0.717) is 12.5 Å². The Morgan fingerprint density at radius 3 is 2.86 bits per heavy atom. The molecule has 0 bridgehead atoms. The number of methoxy groups -OCH3 is 1. The first-order valence-corrected chi connectivity index (χ1v) is 7.52. The third-order valence-corrected chi connectivity index (χ3v) is 3.38. The SMILES string of the molecule is COc1ccc(OCCN2CCOCC2)c(C#CCCl)c1. The number of benzene rings is 1. The molecule has 1 aliphatic rings. The first-order valence-electron chi connectivity index (χ1n) is 6.99. The van der Waals surface area contributed by atoms with Crippen LogP contribution in [0.5, 0.6) is 11.5 Å². The maximum absolute atomic E-state index is 5.85. The lowest BCUT2D eigenvalue weighted by Gasteiger charge is -2.26. The summed E-state index contributed by atoms with van der Waals surface area (Å²) in [5.41, 5.74) is 0.803. The van der Waals surface area contributed by atoms with Crippen LogP contribution in [-0.4, -0.2) is 57.3 Å². The number of nitrogens with zero attached hydrogens (tertiary/aromatic N) is 1. The summed E-state index contributed by atoms with van der Waals surface area (Å²) in [5.74, 6) is 7.67. The lowest BCUT2D eigenvalue weighted by molar-refractivity contribution is 0.0322. The molecule has 0 aliphatic carbocycles. The third-order valence-electron chi connectivity index (χ3n) is 3.25. The summed E-state index contributed by atoms with van der Waals surface area (Å²) in [6.45, 7) is 5.04. The number of hydrogen-bond donors (Lipinski definition) is 0. The van der Waals surface area contributed by atoms with Gasteiger partial charge in [0.25, 0.3) is 0 Å². The van der Waals surface area contributed by atoms with Crippen molar-refractivity contribution in [2.75, 3.05) is 52.4 Å². The van der Waals surface area contributed by atoms with Crippen molar-refractivity contribution >= 4 is 11.6 Å². The molecule has 1 aromatic carbocycles. The van der Waals surface area contributed by atoms with Crippen LogP contribution in [0.25, 0.3) is 0 Å². The predicted molar refractivity (Wildman–Crippen MR) is 83.3 cm³/mol. The lowest BCUT2D eigenvalue weighted by Crippen LogP contribution is -2.38. The van der Waals surface area contributed by atoms with E-state index in [2.05, 4.69) is 16.7 Å². The van der Waals surface area contributed by atoms with Crippen molar-refractivity contribution in [2.45, 2.75) is 0 Å². The van der Waals surface area contributed by atoms with E-state index < -0.39 is 0 Å². The predicted octanol–water partition coefficient (Wildman–Crippen LogP) is 2.00. The van der Waals surface area contributed by atoms with Crippen molar-refractivity contribution in [3.63, 3.8) is 0 Å². The number of ether oxygens (including phenoxy) is 3. The molecular formula is C16H20ClNO3. The van der Waals surface area contributed by atoms with Crippen molar-refractivity contribution in [3.05, 3.63) is 23.8 Å². The molecule has 1 aromatic rings. The minimum absolute atomic E-state index is 0.296. The van der Waals surface area contributed by atoms with Crippen molar-refractivity contribution in [3.8, 4) is 23.3 Å². The van der Waals surface area contributed by atoms with Gasteiger partial charge in [-0.1, -0.05) is 11.8 Å². The van der Waals surface area contributed by atoms with Crippen molar-refractivity contribution < 1.29 is 14.2 Å². The van der Waals surface area contributed by atoms with Gasteiger partial charge >= 0.3 is 0 Å². The zero-order valence-corrected chi connectivity index (χ0v) is 13.0. The number of halogens is 1. The van der Waals surface area contributed by atoms with E-state index in [1.807, 2.05) is 18.2 Å². The highest BCUT2D eigenvalue weighted by Crippen LogP contribution is 2.23. The largest absolute Gasteiger partial charge is 0.497 e. The number of morpholine rings is 1. The van der Waals surface area contributed by atoms with Crippen LogP contribution in [0.3, 0.4) is 0 Å². The van der Waals surface area contributed by atoms with Crippen LogP contribution in [0.15, 0.2) is 18.2 Å². The molecule has 1 saturated heterocycles. The van der Waals surface area contributed by atoms with E-state index in [9.17, 15) is 0 Å². The molecule has 2 rings (SSSR count). The fraction of sp³-hybridized carbons (Fsp3) is 0.500. The van der Waals surface area contributed by atoms with Crippen LogP contribution in [0.2, 0.25) is 0 Å². The molecule has 1 heterocycles. The zero-order valence-electron chi connectivity index (χ0n) is 12.2. The van der Waals surface area contributed by atoms with Crippen LogP contribution in [0.1, 0.15) is 5.56 Å². The van der Waals surface area contributed by atoms with Gasteiger partial charge in [0.15, 0.2) is 0 Å². The fourth-order valence-corrected chi connectivity index (χ4v) is 2.16. The maximum atomic E-state index is 5.85. The molecule has 0 unspecified atom stereocenters. The second-order valence-electron chi connectivity index (χ2n) is 4.60. The van der Waals surface area contributed by atoms with Crippen LogP contribution in [0, 0.1) is 11.8 Å². The Hall–Kier alpha value is -1.41. The molecule has 4 nitrogen and oxygen atoms in total. The highest BCUT2D eigenvalue weighted by atomic mass is 35.5. The molecule has 1 aliphatic heterocycles. The van der Waals surface area contributed by atoms with Gasteiger partial charge in [-0.3, -0.25) is 4.90 Å². The van der Waals surface area contributed by atoms with Gasteiger partial charge in [0.2, 0.25) is 0 Å². The molecular weight excluding hydrogens is 290 g/mol. The third kappa shape index (κ3) is 5.13. The van der Waals surface area contributed by atoms with Gasteiger partial charge in [-0.15, -0.1) is 11.6 Å². The van der Waals surface area contributed by atoms with E-state index in [0.717, 1.165) is 49.9 Å². The Bertz CT molecular complexity index is 504. The van der Waals surface area contributed by atoms with Crippen LogP contribution in [0.4, 0.5) is 0 Å². The van der Waals surface area contributed by atoms with E-state index in [-0.39, 0.29) is 0 Å². The Labute approximate surface area is 130 Å². The van der Waals surface area contributed by atoms with Gasteiger partial charge in [0, 0.05) is 19.6 Å². The van der Waals surface area contributed by atoms with E-state index in [1.165, 1.54) is 0 Å². The topological polar surface area (TPSA) is 30.9 Å². The van der Waals surface area contributed by atoms with Crippen molar-refractivity contribution in [1.82, 2.24) is 4.90 Å². The summed E-state index contributed by atoms with van der Waals surface area (Å²) in [6, 6.07) is 5.62. The van der Waals surface area contributed by atoms with E-state index in [1.54, 1.807) is 7.11 Å². The smallest absolute Gasteiger partial charge is 0.135 e. The average molecular weight is 310 g/mol. The second kappa shape index (κ2) is 8.78. The van der Waals surface area contributed by atoms with E-state index in [4.69, 9.17) is 25.8 Å². The molecule has 0 radical (unpaired) electrons. The van der Waals surface area contributed by atoms with Gasteiger partial charge in [0.1, 0.15) is 18.1 Å². The Morgan fingerprint density at radius 1 is 1.33 bits per heavy atom. The minimum Gasteiger partial charge on any atom is -0.497 e. The summed E-state index contributed by atoms with van der Waals surface area (Å²) in [5, 5.41) is 0. The highest BCUT2D eigenvalue weighted by molar-refractivity contribution is 6.19. The van der Waals surface area contributed by atoms with Gasteiger partial charge in [-0.25, -0.2) is 0 Å². The first-order chi connectivity index (χ1) is 10.3. The molecule has 0 saturated carbocycles. The normalized spacial score (nSPS) is 15.1. The summed E-state index contributed by atoms with van der Waals surface area (Å²) < 4.78 is 16.4. The molecule has 21 heavy (non-hydrogen) atoms. The molecule has 0 spiro atoms. The van der Waals surface area contributed by atoms with Crippen molar-refractivity contribution in [1.29, 1.82) is 0 Å². The summed E-state index contributed by atoms with van der Waals surface area (Å²) in [4.78, 5) is 2.33. The van der Waals surface area contributed by atoms with Crippen LogP contribution < -0.4 is 9.47 Å². The second-order valence-corrected chi connectivity index (χ2v) is 4.87. The molecule has 0 aromatic heterocycles. The Kier molecular flexibility index (Phi) is 6.68. The first kappa shape index (κ1) is 16.0. The van der Waals surface area contributed by atoms with Crippen LogP contribution in [-0.2, 0) is 4.74 Å². The number of rotatable bonds is 5. The van der Waals surface area contributed by atoms with Gasteiger partial charge in [-0.2, -0.15) is 0 Å². The summed E-state index contributed by atoms with van der Waals surface area (Å²) in [7, 11) is 1.63. The monoisotopic (exact) mass is 309 g/mol. The zero-order chi connectivity index (χ0) is 14.9. The molecule has 0 N–H and O–H groups in total. The van der Waals surface area contributed by atoms with Crippen LogP contribution >= 0.6 is 11.6 Å². The fourth-order valence-electron chi connectivity index (χ4n) is 2.10. The molecule has 0 amide bonds. The highest BCUT2D eigenvalue weighted by Gasteiger charge is 2.10. The van der Waals surface area contributed by atoms with Gasteiger partial charge < -0.3 is 14.2 Å². The van der Waals surface area contributed by atoms with Crippen molar-refractivity contribution in [2.24, 2.45) is 0 Å². The number of hydrogen-bond acceptors (Lipinski definition) is 4. The quantitative estimate of drug-likeness (QED) is 0.615. The standard InChI is InChI=1S/C16H20ClNO3/c1-19-15-4-5-16(14(13-15)3-2-6-17)21-12-9-18-7-10-20-11-8-18/h4-5,13H,6-12H2,1H3. The lowest BCUT2D eigenvalue weighted by atomic mass is 10.2. The number of alkyl halides is 1. The summed E-state index contributed by atoms with van der Waals surface area (Å²) >= 11 is 5.62. The Balaban J connectivity index is 1.94. The summed E-state index contributed by atoms with van der Waals surface area (Å²) in [6.07, 6.45) is 0. The van der Waals surface area contributed by atoms with E-state index >= 15 is 0 Å². The maximum Gasteiger partial charge on any atom is 0.135 e. The molecule has 0 atom stereocenters. The molecule has 1 fully saturated rings. The van der Waals surface area contributed by atoms with Gasteiger partial charge in [-0.05, 0) is 18.2 Å².